The maximum atomic E-state index is 13.8. The van der Waals surface area contributed by atoms with E-state index in [-0.39, 0.29) is 16.6 Å². The monoisotopic (exact) mass is 288 g/mol. The summed E-state index contributed by atoms with van der Waals surface area (Å²) in [5.41, 5.74) is 3.52. The fraction of sp³-hybridized carbons (Fsp3) is 0.538. The lowest BCUT2D eigenvalue weighted by Gasteiger charge is -2.33. The number of nitrogens with one attached hydrogen (secondary N) is 1. The summed E-state index contributed by atoms with van der Waals surface area (Å²) in [5.74, 6) is 6.55. The molecule has 0 bridgehead atoms. The van der Waals surface area contributed by atoms with E-state index in [0.717, 1.165) is 12.2 Å². The lowest BCUT2D eigenvalue weighted by Crippen LogP contribution is -2.50. The number of hydrazine groups is 1. The summed E-state index contributed by atoms with van der Waals surface area (Å²) in [6, 6.07) is 4.89. The van der Waals surface area contributed by atoms with Gasteiger partial charge >= 0.3 is 0 Å². The molecule has 0 saturated carbocycles. The van der Waals surface area contributed by atoms with Crippen LogP contribution in [0.15, 0.2) is 18.2 Å². The van der Waals surface area contributed by atoms with Gasteiger partial charge in [0.05, 0.1) is 0 Å². The Morgan fingerprint density at radius 1 is 1.61 bits per heavy atom. The first kappa shape index (κ1) is 14.1. The predicted molar refractivity (Wildman–Crippen MR) is 76.3 cm³/mol. The summed E-state index contributed by atoms with van der Waals surface area (Å²) in [7, 11) is 0. The molecule has 2 nitrogen and oxygen atoms in total. The molecule has 5 heteroatoms. The molecule has 2 atom stereocenters. The predicted octanol–water partition coefficient (Wildman–Crippen LogP) is 3.14. The van der Waals surface area contributed by atoms with Crippen LogP contribution < -0.4 is 11.3 Å². The van der Waals surface area contributed by atoms with Gasteiger partial charge in [-0.15, -0.1) is 0 Å². The number of nitrogens with two attached hydrogens (primary N) is 1. The molecule has 1 aromatic carbocycles. The van der Waals surface area contributed by atoms with Crippen molar-refractivity contribution in [2.24, 2.45) is 5.84 Å². The van der Waals surface area contributed by atoms with E-state index < -0.39 is 0 Å². The Balaban J connectivity index is 2.15. The minimum atomic E-state index is -0.255. The van der Waals surface area contributed by atoms with Crippen LogP contribution in [0.1, 0.15) is 25.3 Å². The van der Waals surface area contributed by atoms with Crippen molar-refractivity contribution in [2.75, 3.05) is 5.75 Å². The van der Waals surface area contributed by atoms with E-state index >= 15 is 0 Å². The van der Waals surface area contributed by atoms with Crippen LogP contribution in [0.4, 0.5) is 4.39 Å². The van der Waals surface area contributed by atoms with E-state index in [1.807, 2.05) is 11.8 Å². The third kappa shape index (κ3) is 2.99. The molecule has 0 amide bonds. The molecular weight excluding hydrogens is 271 g/mol. The molecule has 2 rings (SSSR count). The standard InChI is InChI=1S/C13H18ClFN2S/c1-13(5-2-6-18-13)12(17-16)7-9-3-4-10(14)8-11(9)15/h3-4,8,12,17H,2,5-7,16H2,1H3. The van der Waals surface area contributed by atoms with Crippen LogP contribution in [-0.4, -0.2) is 16.5 Å². The van der Waals surface area contributed by atoms with Crippen molar-refractivity contribution in [1.82, 2.24) is 5.43 Å². The summed E-state index contributed by atoms with van der Waals surface area (Å²) in [6.45, 7) is 2.20. The number of thioether (sulfide) groups is 1. The molecule has 0 aromatic heterocycles. The van der Waals surface area contributed by atoms with Crippen LogP contribution in [0, 0.1) is 5.82 Å². The highest BCUT2D eigenvalue weighted by atomic mass is 35.5. The molecule has 100 valence electrons. The molecule has 1 fully saturated rings. The molecule has 2 unspecified atom stereocenters. The largest absolute Gasteiger partial charge is 0.271 e. The Hall–Kier alpha value is -0.290. The second kappa shape index (κ2) is 5.78. The zero-order chi connectivity index (χ0) is 13.2. The molecule has 0 radical (unpaired) electrons. The maximum Gasteiger partial charge on any atom is 0.127 e. The van der Waals surface area contributed by atoms with E-state index in [0.29, 0.717) is 17.0 Å². The zero-order valence-electron chi connectivity index (χ0n) is 10.4. The molecule has 1 aliphatic heterocycles. The summed E-state index contributed by atoms with van der Waals surface area (Å²) in [4.78, 5) is 0. The number of rotatable bonds is 4. The van der Waals surface area contributed by atoms with Gasteiger partial charge in [0.2, 0.25) is 0 Å². The van der Waals surface area contributed by atoms with Crippen LogP contribution in [0.2, 0.25) is 5.02 Å². The molecule has 1 aliphatic rings. The highest BCUT2D eigenvalue weighted by molar-refractivity contribution is 8.00. The molecule has 0 aliphatic carbocycles. The van der Waals surface area contributed by atoms with E-state index in [9.17, 15) is 4.39 Å². The molecule has 1 aromatic rings. The summed E-state index contributed by atoms with van der Waals surface area (Å²) < 4.78 is 13.9. The van der Waals surface area contributed by atoms with Crippen molar-refractivity contribution in [2.45, 2.75) is 37.0 Å². The highest BCUT2D eigenvalue weighted by Gasteiger charge is 2.37. The van der Waals surface area contributed by atoms with Crippen molar-refractivity contribution < 1.29 is 4.39 Å². The fourth-order valence-corrected chi connectivity index (χ4v) is 3.99. The normalized spacial score (nSPS) is 25.3. The number of hydrogen-bond acceptors (Lipinski definition) is 3. The smallest absolute Gasteiger partial charge is 0.127 e. The second-order valence-corrected chi connectivity index (χ2v) is 6.99. The van der Waals surface area contributed by atoms with Gasteiger partial charge in [-0.3, -0.25) is 11.3 Å². The minimum absolute atomic E-state index is 0.0701. The van der Waals surface area contributed by atoms with Crippen LogP contribution in [0.5, 0.6) is 0 Å². The van der Waals surface area contributed by atoms with Gasteiger partial charge in [0.15, 0.2) is 0 Å². The number of hydrogen-bond donors (Lipinski definition) is 2. The Bertz CT molecular complexity index is 421. The maximum absolute atomic E-state index is 13.8. The topological polar surface area (TPSA) is 38.0 Å². The van der Waals surface area contributed by atoms with Crippen LogP contribution in [-0.2, 0) is 6.42 Å². The highest BCUT2D eigenvalue weighted by Crippen LogP contribution is 2.41. The SMILES string of the molecule is CC1(C(Cc2ccc(Cl)cc2F)NN)CCCS1. The first-order chi connectivity index (χ1) is 8.55. The average Bonchev–Trinajstić information content (AvgIpc) is 2.76. The van der Waals surface area contributed by atoms with Gasteiger partial charge in [-0.25, -0.2) is 4.39 Å². The summed E-state index contributed by atoms with van der Waals surface area (Å²) in [6.07, 6.45) is 2.90. The summed E-state index contributed by atoms with van der Waals surface area (Å²) >= 11 is 7.67. The Labute approximate surface area is 116 Å². The molecule has 1 saturated heterocycles. The number of halogens is 2. The van der Waals surface area contributed by atoms with E-state index in [1.165, 1.54) is 12.5 Å². The lowest BCUT2D eigenvalue weighted by molar-refractivity contribution is 0.400. The van der Waals surface area contributed by atoms with Crippen LogP contribution >= 0.6 is 23.4 Å². The fourth-order valence-electron chi connectivity index (χ4n) is 2.43. The molecular formula is C13H18ClFN2S. The Morgan fingerprint density at radius 2 is 2.39 bits per heavy atom. The number of benzene rings is 1. The quantitative estimate of drug-likeness (QED) is 0.660. The molecule has 1 heterocycles. The lowest BCUT2D eigenvalue weighted by atomic mass is 9.91. The molecule has 18 heavy (non-hydrogen) atoms. The van der Waals surface area contributed by atoms with E-state index in [1.54, 1.807) is 12.1 Å². The van der Waals surface area contributed by atoms with Gasteiger partial charge < -0.3 is 0 Å². The third-order valence-electron chi connectivity index (χ3n) is 3.63. The first-order valence-electron chi connectivity index (χ1n) is 6.09. The average molecular weight is 289 g/mol. The van der Waals surface area contributed by atoms with Gasteiger partial charge in [-0.2, -0.15) is 11.8 Å². The Morgan fingerprint density at radius 3 is 2.94 bits per heavy atom. The van der Waals surface area contributed by atoms with Crippen molar-refractivity contribution >= 4 is 23.4 Å². The van der Waals surface area contributed by atoms with Gasteiger partial charge in [-0.1, -0.05) is 17.7 Å². The summed E-state index contributed by atoms with van der Waals surface area (Å²) in [5, 5.41) is 0.426. The van der Waals surface area contributed by atoms with Crippen molar-refractivity contribution in [1.29, 1.82) is 0 Å². The second-order valence-electron chi connectivity index (χ2n) is 4.92. The molecule has 0 spiro atoms. The zero-order valence-corrected chi connectivity index (χ0v) is 12.0. The van der Waals surface area contributed by atoms with Crippen LogP contribution in [0.25, 0.3) is 0 Å². The third-order valence-corrected chi connectivity index (χ3v) is 5.50. The minimum Gasteiger partial charge on any atom is -0.271 e. The van der Waals surface area contributed by atoms with Gasteiger partial charge in [0, 0.05) is 15.8 Å². The van der Waals surface area contributed by atoms with Gasteiger partial charge in [0.1, 0.15) is 5.82 Å². The Kier molecular flexibility index (Phi) is 4.54. The van der Waals surface area contributed by atoms with Gasteiger partial charge in [-0.05, 0) is 49.6 Å². The van der Waals surface area contributed by atoms with Crippen molar-refractivity contribution in [3.63, 3.8) is 0 Å². The van der Waals surface area contributed by atoms with Crippen LogP contribution in [0.3, 0.4) is 0 Å². The van der Waals surface area contributed by atoms with Gasteiger partial charge in [0.25, 0.3) is 0 Å². The van der Waals surface area contributed by atoms with Crippen molar-refractivity contribution in [3.8, 4) is 0 Å². The van der Waals surface area contributed by atoms with E-state index in [2.05, 4.69) is 12.3 Å². The van der Waals surface area contributed by atoms with Crippen molar-refractivity contribution in [3.05, 3.63) is 34.6 Å². The first-order valence-corrected chi connectivity index (χ1v) is 7.45. The van der Waals surface area contributed by atoms with E-state index in [4.69, 9.17) is 17.4 Å². The molecule has 3 N–H and O–H groups in total.